The molecule has 2 fully saturated rings. The van der Waals surface area contributed by atoms with Gasteiger partial charge >= 0.3 is 0 Å². The largest absolute Gasteiger partial charge is 0.344 e. The van der Waals surface area contributed by atoms with Crippen LogP contribution in [0.25, 0.3) is 0 Å². The fourth-order valence-corrected chi connectivity index (χ4v) is 3.32. The van der Waals surface area contributed by atoms with Gasteiger partial charge in [0, 0.05) is 31.6 Å². The lowest BCUT2D eigenvalue weighted by atomic mass is 9.94. The Bertz CT molecular complexity index is 299. The summed E-state index contributed by atoms with van der Waals surface area (Å²) in [6.07, 6.45) is 7.37. The van der Waals surface area contributed by atoms with Crippen molar-refractivity contribution in [2.75, 3.05) is 27.2 Å². The summed E-state index contributed by atoms with van der Waals surface area (Å²) in [4.78, 5) is 16.5. The summed E-state index contributed by atoms with van der Waals surface area (Å²) in [6, 6.07) is 0.538. The molecular formula is C14H27N3O. The molecule has 0 aromatic rings. The number of likely N-dealkylation sites (N-methyl/N-ethyl adjacent to an activating group) is 2. The third-order valence-corrected chi connectivity index (χ3v) is 4.68. The van der Waals surface area contributed by atoms with E-state index in [1.807, 2.05) is 11.9 Å². The molecule has 104 valence electrons. The lowest BCUT2D eigenvalue weighted by molar-refractivity contribution is -0.131. The molecule has 0 spiro atoms. The van der Waals surface area contributed by atoms with Crippen LogP contribution in [-0.2, 0) is 4.79 Å². The molecule has 1 atom stereocenters. The molecule has 18 heavy (non-hydrogen) atoms. The number of nitrogens with zero attached hydrogens (tertiary/aromatic N) is 2. The first-order valence-electron chi connectivity index (χ1n) is 7.23. The number of amides is 1. The molecule has 0 radical (unpaired) electrons. The van der Waals surface area contributed by atoms with Crippen LogP contribution in [0.15, 0.2) is 0 Å². The fourth-order valence-electron chi connectivity index (χ4n) is 3.32. The van der Waals surface area contributed by atoms with E-state index in [4.69, 9.17) is 5.73 Å². The van der Waals surface area contributed by atoms with Gasteiger partial charge in [-0.2, -0.15) is 0 Å². The van der Waals surface area contributed by atoms with Crippen LogP contribution in [0.3, 0.4) is 0 Å². The van der Waals surface area contributed by atoms with Crippen LogP contribution in [0.4, 0.5) is 0 Å². The van der Waals surface area contributed by atoms with E-state index >= 15 is 0 Å². The first-order valence-corrected chi connectivity index (χ1v) is 7.23. The molecule has 4 heteroatoms. The van der Waals surface area contributed by atoms with Crippen molar-refractivity contribution in [2.24, 2.45) is 5.73 Å². The van der Waals surface area contributed by atoms with Crippen molar-refractivity contribution in [1.82, 2.24) is 9.80 Å². The first kappa shape index (κ1) is 13.8. The van der Waals surface area contributed by atoms with E-state index in [2.05, 4.69) is 11.9 Å². The zero-order valence-electron chi connectivity index (χ0n) is 11.8. The Balaban J connectivity index is 1.81. The lowest BCUT2D eigenvalue weighted by Gasteiger charge is -2.29. The molecule has 1 saturated carbocycles. The zero-order chi connectivity index (χ0) is 13.2. The van der Waals surface area contributed by atoms with Crippen LogP contribution in [0.1, 0.15) is 44.9 Å². The van der Waals surface area contributed by atoms with Crippen LogP contribution in [-0.4, -0.2) is 54.5 Å². The van der Waals surface area contributed by atoms with Gasteiger partial charge in [-0.3, -0.25) is 4.79 Å². The highest BCUT2D eigenvalue weighted by Crippen LogP contribution is 2.30. The molecule has 1 amide bonds. The Kier molecular flexibility index (Phi) is 4.28. The van der Waals surface area contributed by atoms with Gasteiger partial charge in [-0.25, -0.2) is 0 Å². The van der Waals surface area contributed by atoms with Crippen molar-refractivity contribution >= 4 is 5.91 Å². The van der Waals surface area contributed by atoms with Gasteiger partial charge in [0.1, 0.15) is 0 Å². The van der Waals surface area contributed by atoms with Crippen molar-refractivity contribution in [3.8, 4) is 0 Å². The van der Waals surface area contributed by atoms with Crippen LogP contribution in [0.2, 0.25) is 0 Å². The standard InChI is InChI=1S/C14H27N3O/c1-16-9-5-6-12(16)11-17(2)13(18)10-14(15)7-3-4-8-14/h12H,3-11,15H2,1-2H3. The highest BCUT2D eigenvalue weighted by molar-refractivity contribution is 5.77. The van der Waals surface area contributed by atoms with Gasteiger partial charge in [-0.05, 0) is 39.3 Å². The average molecular weight is 253 g/mol. The summed E-state index contributed by atoms with van der Waals surface area (Å²) < 4.78 is 0. The predicted octanol–water partition coefficient (Wildman–Crippen LogP) is 1.20. The van der Waals surface area contributed by atoms with E-state index in [0.29, 0.717) is 12.5 Å². The van der Waals surface area contributed by atoms with Crippen LogP contribution in [0, 0.1) is 0 Å². The van der Waals surface area contributed by atoms with Gasteiger partial charge < -0.3 is 15.5 Å². The topological polar surface area (TPSA) is 49.6 Å². The number of nitrogens with two attached hydrogens (primary N) is 1. The number of rotatable bonds is 4. The second-order valence-electron chi connectivity index (χ2n) is 6.30. The molecule has 1 aliphatic heterocycles. The van der Waals surface area contributed by atoms with Crippen molar-refractivity contribution in [3.63, 3.8) is 0 Å². The van der Waals surface area contributed by atoms with Crippen molar-refractivity contribution in [1.29, 1.82) is 0 Å². The molecule has 2 aliphatic rings. The number of carbonyl (C=O) groups excluding carboxylic acids is 1. The molecule has 4 nitrogen and oxygen atoms in total. The number of likely N-dealkylation sites (tertiary alicyclic amines) is 1. The second kappa shape index (κ2) is 5.57. The summed E-state index contributed by atoms with van der Waals surface area (Å²) in [5, 5.41) is 0. The van der Waals surface area contributed by atoms with Crippen molar-refractivity contribution in [3.05, 3.63) is 0 Å². The predicted molar refractivity (Wildman–Crippen MR) is 73.3 cm³/mol. The molecule has 2 rings (SSSR count). The molecule has 1 heterocycles. The van der Waals surface area contributed by atoms with E-state index in [1.165, 1.54) is 25.7 Å². The SMILES string of the molecule is CN(CC1CCCN1C)C(=O)CC1(N)CCCC1. The van der Waals surface area contributed by atoms with Crippen molar-refractivity contribution in [2.45, 2.75) is 56.5 Å². The maximum absolute atomic E-state index is 12.2. The minimum atomic E-state index is -0.215. The zero-order valence-corrected chi connectivity index (χ0v) is 11.8. The summed E-state index contributed by atoms with van der Waals surface area (Å²) in [6.45, 7) is 2.01. The Morgan fingerprint density at radius 1 is 1.39 bits per heavy atom. The maximum atomic E-state index is 12.2. The van der Waals surface area contributed by atoms with E-state index in [9.17, 15) is 4.79 Å². The molecule has 2 N–H and O–H groups in total. The summed E-state index contributed by atoms with van der Waals surface area (Å²) >= 11 is 0. The normalized spacial score (nSPS) is 27.6. The van der Waals surface area contributed by atoms with Crippen molar-refractivity contribution < 1.29 is 4.79 Å². The fraction of sp³-hybridized carbons (Fsp3) is 0.929. The smallest absolute Gasteiger partial charge is 0.224 e. The minimum absolute atomic E-state index is 0.215. The van der Waals surface area contributed by atoms with Crippen LogP contribution in [0.5, 0.6) is 0 Å². The third-order valence-electron chi connectivity index (χ3n) is 4.68. The second-order valence-corrected chi connectivity index (χ2v) is 6.30. The van der Waals surface area contributed by atoms with Gasteiger partial charge in [0.15, 0.2) is 0 Å². The molecule has 1 saturated heterocycles. The third kappa shape index (κ3) is 3.23. The number of carbonyl (C=O) groups is 1. The molecule has 1 unspecified atom stereocenters. The molecule has 0 aromatic carbocycles. The maximum Gasteiger partial charge on any atom is 0.224 e. The highest BCUT2D eigenvalue weighted by atomic mass is 16.2. The lowest BCUT2D eigenvalue weighted by Crippen LogP contribution is -2.45. The Labute approximate surface area is 110 Å². The Hall–Kier alpha value is -0.610. The van der Waals surface area contributed by atoms with E-state index in [-0.39, 0.29) is 11.4 Å². The quantitative estimate of drug-likeness (QED) is 0.819. The minimum Gasteiger partial charge on any atom is -0.344 e. The van der Waals surface area contributed by atoms with Crippen LogP contribution >= 0.6 is 0 Å². The summed E-state index contributed by atoms with van der Waals surface area (Å²) in [5.41, 5.74) is 6.06. The van der Waals surface area contributed by atoms with E-state index < -0.39 is 0 Å². The van der Waals surface area contributed by atoms with Crippen LogP contribution < -0.4 is 5.73 Å². The number of hydrogen-bond donors (Lipinski definition) is 1. The van der Waals surface area contributed by atoms with Gasteiger partial charge in [0.05, 0.1) is 0 Å². The Morgan fingerprint density at radius 3 is 2.61 bits per heavy atom. The van der Waals surface area contributed by atoms with Gasteiger partial charge in [0.25, 0.3) is 0 Å². The summed E-state index contributed by atoms with van der Waals surface area (Å²) in [5.74, 6) is 0.222. The van der Waals surface area contributed by atoms with Gasteiger partial charge in [-0.15, -0.1) is 0 Å². The van der Waals surface area contributed by atoms with Gasteiger partial charge in [-0.1, -0.05) is 12.8 Å². The summed E-state index contributed by atoms with van der Waals surface area (Å²) in [7, 11) is 4.07. The monoisotopic (exact) mass is 253 g/mol. The molecular weight excluding hydrogens is 226 g/mol. The molecule has 0 aromatic heterocycles. The van der Waals surface area contributed by atoms with Gasteiger partial charge in [0.2, 0.25) is 5.91 Å². The number of hydrogen-bond acceptors (Lipinski definition) is 3. The average Bonchev–Trinajstić information content (AvgIpc) is 2.89. The first-order chi connectivity index (χ1) is 8.50. The highest BCUT2D eigenvalue weighted by Gasteiger charge is 2.33. The van der Waals surface area contributed by atoms with E-state index in [1.54, 1.807) is 0 Å². The molecule has 1 aliphatic carbocycles. The van der Waals surface area contributed by atoms with E-state index in [0.717, 1.165) is 25.9 Å². The molecule has 0 bridgehead atoms. The Morgan fingerprint density at radius 2 is 2.06 bits per heavy atom.